The van der Waals surface area contributed by atoms with Crippen molar-refractivity contribution < 1.29 is 0 Å². The fourth-order valence-electron chi connectivity index (χ4n) is 9.90. The van der Waals surface area contributed by atoms with Gasteiger partial charge in [-0.25, -0.2) is 0 Å². The van der Waals surface area contributed by atoms with Gasteiger partial charge < -0.3 is 4.90 Å². The number of anilines is 3. The van der Waals surface area contributed by atoms with E-state index >= 15 is 0 Å². The summed E-state index contributed by atoms with van der Waals surface area (Å²) < 4.78 is 0. The lowest BCUT2D eigenvalue weighted by Crippen LogP contribution is -2.33. The van der Waals surface area contributed by atoms with E-state index in [9.17, 15) is 0 Å². The molecule has 248 valence electrons. The average Bonchev–Trinajstić information content (AvgIpc) is 3.61. The number of hydrogen-bond donors (Lipinski definition) is 0. The van der Waals surface area contributed by atoms with Crippen LogP contribution >= 0.6 is 11.8 Å². The Balaban J connectivity index is 1.14. The number of hydrogen-bond acceptors (Lipinski definition) is 2. The summed E-state index contributed by atoms with van der Waals surface area (Å²) in [5.74, 6) is 0. The van der Waals surface area contributed by atoms with E-state index in [1.807, 2.05) is 11.8 Å². The molecular formula is C50H37NS. The number of rotatable bonds is 3. The molecule has 0 unspecified atom stereocenters. The first-order valence-corrected chi connectivity index (χ1v) is 19.3. The molecule has 11 rings (SSSR count). The Morgan fingerprint density at radius 2 is 1.19 bits per heavy atom. The topological polar surface area (TPSA) is 3.24 Å². The number of nitrogens with zero attached hydrogens (tertiary/aromatic N) is 1. The minimum Gasteiger partial charge on any atom is -0.310 e. The first-order valence-electron chi connectivity index (χ1n) is 18.5. The van der Waals surface area contributed by atoms with Crippen LogP contribution in [0.3, 0.4) is 0 Å². The van der Waals surface area contributed by atoms with Crippen molar-refractivity contribution in [3.8, 4) is 22.3 Å². The van der Waals surface area contributed by atoms with Crippen molar-refractivity contribution in [1.29, 1.82) is 0 Å². The molecule has 1 nitrogen and oxygen atoms in total. The fourth-order valence-corrected chi connectivity index (χ4v) is 11.2. The van der Waals surface area contributed by atoms with E-state index in [2.05, 4.69) is 183 Å². The molecule has 0 atom stereocenters. The van der Waals surface area contributed by atoms with Gasteiger partial charge >= 0.3 is 0 Å². The maximum Gasteiger partial charge on any atom is 0.0732 e. The van der Waals surface area contributed by atoms with Gasteiger partial charge in [-0.3, -0.25) is 0 Å². The van der Waals surface area contributed by atoms with Gasteiger partial charge in [0.2, 0.25) is 0 Å². The van der Waals surface area contributed by atoms with Crippen LogP contribution in [-0.4, -0.2) is 0 Å². The maximum atomic E-state index is 2.47. The number of allylic oxidation sites excluding steroid dienone is 4. The fraction of sp³-hybridized carbons (Fsp3) is 0.120. The molecule has 0 fully saturated rings. The Bertz CT molecular complexity index is 2650. The van der Waals surface area contributed by atoms with Crippen molar-refractivity contribution in [2.75, 3.05) is 4.90 Å². The maximum absolute atomic E-state index is 2.47. The zero-order valence-electron chi connectivity index (χ0n) is 29.4. The minimum absolute atomic E-state index is 0.0741. The van der Waals surface area contributed by atoms with Crippen LogP contribution in [0, 0.1) is 0 Å². The molecule has 52 heavy (non-hydrogen) atoms. The summed E-state index contributed by atoms with van der Waals surface area (Å²) in [7, 11) is 0. The number of benzene rings is 7. The SMILES string of the molecule is CC1(C)c2ccc(N(c3ccccc3)c3ccc4c(c3)SC3=C(C=CCC3)C43c4ccccc4-c4ccccc43)cc2-c2c1ccc1ccccc21. The molecular weight excluding hydrogens is 647 g/mol. The third-order valence-electron chi connectivity index (χ3n) is 12.2. The molecule has 0 saturated carbocycles. The van der Waals surface area contributed by atoms with E-state index in [4.69, 9.17) is 0 Å². The molecule has 0 aromatic heterocycles. The van der Waals surface area contributed by atoms with Crippen molar-refractivity contribution in [2.45, 2.75) is 42.4 Å². The minimum atomic E-state index is -0.333. The van der Waals surface area contributed by atoms with Gasteiger partial charge in [0.15, 0.2) is 0 Å². The second-order valence-corrected chi connectivity index (χ2v) is 16.3. The highest BCUT2D eigenvalue weighted by Gasteiger charge is 2.51. The lowest BCUT2D eigenvalue weighted by molar-refractivity contribution is 0.661. The largest absolute Gasteiger partial charge is 0.310 e. The lowest BCUT2D eigenvalue weighted by Gasteiger charge is -2.42. The molecule has 7 aromatic carbocycles. The van der Waals surface area contributed by atoms with Crippen LogP contribution < -0.4 is 4.90 Å². The van der Waals surface area contributed by atoms with E-state index in [0.29, 0.717) is 0 Å². The first-order chi connectivity index (χ1) is 25.5. The molecule has 0 bridgehead atoms. The van der Waals surface area contributed by atoms with Gasteiger partial charge in [0.1, 0.15) is 0 Å². The van der Waals surface area contributed by atoms with Gasteiger partial charge in [-0.2, -0.15) is 0 Å². The van der Waals surface area contributed by atoms with Gasteiger partial charge in [0.05, 0.1) is 5.41 Å². The Hall–Kier alpha value is -5.57. The van der Waals surface area contributed by atoms with E-state index in [1.54, 1.807) is 0 Å². The quantitative estimate of drug-likeness (QED) is 0.182. The van der Waals surface area contributed by atoms with Gasteiger partial charge in [-0.1, -0.05) is 153 Å². The Labute approximate surface area is 310 Å². The number of para-hydroxylation sites is 1. The summed E-state index contributed by atoms with van der Waals surface area (Å²) in [4.78, 5) is 5.30. The van der Waals surface area contributed by atoms with Gasteiger partial charge in [0, 0.05) is 27.4 Å². The van der Waals surface area contributed by atoms with E-state index in [1.165, 1.54) is 87.6 Å². The van der Waals surface area contributed by atoms with Crippen LogP contribution in [0.15, 0.2) is 179 Å². The van der Waals surface area contributed by atoms with Crippen LogP contribution in [0.2, 0.25) is 0 Å². The summed E-state index contributed by atoms with van der Waals surface area (Å²) >= 11 is 1.99. The number of thioether (sulfide) groups is 1. The molecule has 1 spiro atoms. The highest BCUT2D eigenvalue weighted by Crippen LogP contribution is 2.64. The number of fused-ring (bicyclic) bond motifs is 13. The van der Waals surface area contributed by atoms with E-state index in [-0.39, 0.29) is 10.8 Å². The predicted molar refractivity (Wildman–Crippen MR) is 219 cm³/mol. The van der Waals surface area contributed by atoms with Crippen molar-refractivity contribution >= 4 is 39.6 Å². The molecule has 0 N–H and O–H groups in total. The lowest BCUT2D eigenvalue weighted by atomic mass is 9.66. The summed E-state index contributed by atoms with van der Waals surface area (Å²) in [6.45, 7) is 4.75. The zero-order chi connectivity index (χ0) is 34.6. The van der Waals surface area contributed by atoms with Gasteiger partial charge in [0.25, 0.3) is 0 Å². The van der Waals surface area contributed by atoms with Crippen LogP contribution in [-0.2, 0) is 10.8 Å². The average molecular weight is 684 g/mol. The van der Waals surface area contributed by atoms with Crippen LogP contribution in [0.25, 0.3) is 33.0 Å². The molecule has 0 saturated heterocycles. The summed E-state index contributed by atoms with van der Waals surface area (Å²) in [6.07, 6.45) is 6.98. The standard InChI is InChI=1S/C50H37NS/c1-49(2)40-28-25-34(30-39(40)48-36-17-7-6-14-32(36)24-27-45(48)49)51(33-15-4-3-5-16-33)35-26-29-44-47(31-35)52-46-23-13-12-22-43(46)50(44)41-20-10-8-18-37(41)38-19-9-11-21-42(38)50/h3-12,14-22,24-31H,13,23H2,1-2H3. The Kier molecular flexibility index (Phi) is 6.35. The summed E-state index contributed by atoms with van der Waals surface area (Å²) in [5, 5.41) is 2.62. The molecule has 1 heterocycles. The molecule has 3 aliphatic carbocycles. The monoisotopic (exact) mass is 683 g/mol. The smallest absolute Gasteiger partial charge is 0.0732 e. The highest BCUT2D eigenvalue weighted by atomic mass is 32.2. The van der Waals surface area contributed by atoms with Crippen LogP contribution in [0.4, 0.5) is 17.1 Å². The van der Waals surface area contributed by atoms with Crippen LogP contribution in [0.5, 0.6) is 0 Å². The van der Waals surface area contributed by atoms with Crippen molar-refractivity contribution in [3.63, 3.8) is 0 Å². The highest BCUT2D eigenvalue weighted by molar-refractivity contribution is 8.03. The van der Waals surface area contributed by atoms with E-state index < -0.39 is 0 Å². The zero-order valence-corrected chi connectivity index (χ0v) is 30.2. The molecule has 2 heteroatoms. The molecule has 0 amide bonds. The van der Waals surface area contributed by atoms with E-state index in [0.717, 1.165) is 18.5 Å². The van der Waals surface area contributed by atoms with Crippen molar-refractivity contribution in [3.05, 3.63) is 202 Å². The summed E-state index contributed by atoms with van der Waals surface area (Å²) in [6, 6.07) is 57.1. The van der Waals surface area contributed by atoms with Crippen molar-refractivity contribution in [1.82, 2.24) is 0 Å². The molecule has 0 radical (unpaired) electrons. The second-order valence-electron chi connectivity index (χ2n) is 15.1. The molecule has 4 aliphatic rings. The second kappa shape index (κ2) is 11.0. The van der Waals surface area contributed by atoms with Gasteiger partial charge in [-0.05, 0) is 121 Å². The Morgan fingerprint density at radius 1 is 0.538 bits per heavy atom. The molecule has 1 aliphatic heterocycles. The van der Waals surface area contributed by atoms with Crippen LogP contribution in [0.1, 0.15) is 54.5 Å². The Morgan fingerprint density at radius 3 is 1.98 bits per heavy atom. The third kappa shape index (κ3) is 3.96. The first kappa shape index (κ1) is 30.1. The van der Waals surface area contributed by atoms with Gasteiger partial charge in [-0.15, -0.1) is 0 Å². The van der Waals surface area contributed by atoms with Crippen molar-refractivity contribution in [2.24, 2.45) is 0 Å². The summed E-state index contributed by atoms with van der Waals surface area (Å²) in [5.41, 5.74) is 17.0. The molecule has 7 aromatic rings. The third-order valence-corrected chi connectivity index (χ3v) is 13.4. The normalized spacial score (nSPS) is 16.6. The predicted octanol–water partition coefficient (Wildman–Crippen LogP) is 13.6.